The van der Waals surface area contributed by atoms with E-state index < -0.39 is 4.92 Å². The summed E-state index contributed by atoms with van der Waals surface area (Å²) in [5.74, 6) is -0.0147. The molecule has 1 saturated heterocycles. The molecular formula is C21H24N4O5. The number of hydrogen-bond donors (Lipinski definition) is 1. The molecule has 3 rings (SSSR count). The highest BCUT2D eigenvalue weighted by Gasteiger charge is 2.22. The van der Waals surface area contributed by atoms with E-state index in [2.05, 4.69) is 10.2 Å². The normalized spacial score (nSPS) is 13.6. The van der Waals surface area contributed by atoms with E-state index in [4.69, 9.17) is 4.74 Å². The maximum absolute atomic E-state index is 12.5. The number of nitrogens with one attached hydrogen (secondary N) is 1. The zero-order valence-electron chi connectivity index (χ0n) is 16.7. The molecule has 0 bridgehead atoms. The second-order valence-corrected chi connectivity index (χ2v) is 6.75. The third-order valence-corrected chi connectivity index (χ3v) is 4.89. The third-order valence-electron chi connectivity index (χ3n) is 4.89. The van der Waals surface area contributed by atoms with Crippen molar-refractivity contribution in [3.05, 3.63) is 64.2 Å². The number of nitro groups is 1. The number of nitro benzene ring substituents is 1. The van der Waals surface area contributed by atoms with Crippen LogP contribution in [0.5, 0.6) is 5.75 Å². The van der Waals surface area contributed by atoms with Crippen LogP contribution in [0.15, 0.2) is 48.5 Å². The smallest absolute Gasteiger partial charge is 0.269 e. The number of nitrogens with zero attached hydrogens (tertiary/aromatic N) is 3. The zero-order chi connectivity index (χ0) is 21.5. The van der Waals surface area contributed by atoms with Gasteiger partial charge >= 0.3 is 0 Å². The first-order valence-corrected chi connectivity index (χ1v) is 9.76. The van der Waals surface area contributed by atoms with Crippen LogP contribution in [0.25, 0.3) is 0 Å². The number of ether oxygens (including phenoxy) is 1. The van der Waals surface area contributed by atoms with Crippen molar-refractivity contribution in [3.8, 4) is 5.75 Å². The fourth-order valence-corrected chi connectivity index (χ4v) is 3.30. The van der Waals surface area contributed by atoms with Crippen molar-refractivity contribution in [2.45, 2.75) is 6.92 Å². The lowest BCUT2D eigenvalue weighted by Gasteiger charge is -2.36. The molecule has 2 aromatic carbocycles. The number of rotatable bonds is 7. The van der Waals surface area contributed by atoms with Crippen molar-refractivity contribution in [2.24, 2.45) is 0 Å². The summed E-state index contributed by atoms with van der Waals surface area (Å²) in [7, 11) is 0. The molecule has 9 nitrogen and oxygen atoms in total. The molecule has 9 heteroatoms. The van der Waals surface area contributed by atoms with Crippen LogP contribution in [-0.4, -0.2) is 61.0 Å². The van der Waals surface area contributed by atoms with Crippen LogP contribution in [0.4, 0.5) is 11.4 Å². The number of non-ortho nitro benzene ring substituents is 1. The lowest BCUT2D eigenvalue weighted by molar-refractivity contribution is -0.384. The SMILES string of the molecule is CCOc1ccccc1C(=O)NCC(=O)N1CCN(c2ccc([N+](=O)[O-])cc2)CC1. The maximum atomic E-state index is 12.5. The Hall–Kier alpha value is -3.62. The Balaban J connectivity index is 1.50. The van der Waals surface area contributed by atoms with E-state index in [-0.39, 0.29) is 24.0 Å². The number of benzene rings is 2. The highest BCUT2D eigenvalue weighted by molar-refractivity contribution is 5.98. The van der Waals surface area contributed by atoms with E-state index in [1.165, 1.54) is 12.1 Å². The molecule has 0 radical (unpaired) electrons. The quantitative estimate of drug-likeness (QED) is 0.551. The predicted octanol–water partition coefficient (Wildman–Crippen LogP) is 2.07. The molecule has 0 spiro atoms. The van der Waals surface area contributed by atoms with Crippen LogP contribution in [0.1, 0.15) is 17.3 Å². The lowest BCUT2D eigenvalue weighted by Crippen LogP contribution is -2.51. The Bertz CT molecular complexity index is 908. The van der Waals surface area contributed by atoms with Gasteiger partial charge in [0.15, 0.2) is 0 Å². The van der Waals surface area contributed by atoms with E-state index in [1.807, 2.05) is 6.92 Å². The van der Waals surface area contributed by atoms with Gasteiger partial charge in [-0.05, 0) is 31.2 Å². The van der Waals surface area contributed by atoms with Gasteiger partial charge in [0.1, 0.15) is 5.75 Å². The summed E-state index contributed by atoms with van der Waals surface area (Å²) in [5.41, 5.74) is 1.33. The Kier molecular flexibility index (Phi) is 6.84. The summed E-state index contributed by atoms with van der Waals surface area (Å²) >= 11 is 0. The van der Waals surface area contributed by atoms with Crippen LogP contribution in [-0.2, 0) is 4.79 Å². The molecule has 1 aliphatic heterocycles. The van der Waals surface area contributed by atoms with Gasteiger partial charge in [-0.15, -0.1) is 0 Å². The highest BCUT2D eigenvalue weighted by atomic mass is 16.6. The first-order valence-electron chi connectivity index (χ1n) is 9.76. The first-order chi connectivity index (χ1) is 14.5. The summed E-state index contributed by atoms with van der Waals surface area (Å²) < 4.78 is 5.46. The Labute approximate surface area is 174 Å². The number of amides is 2. The topological polar surface area (TPSA) is 105 Å². The van der Waals surface area contributed by atoms with Gasteiger partial charge in [-0.3, -0.25) is 19.7 Å². The minimum absolute atomic E-state index is 0.0502. The van der Waals surface area contributed by atoms with Crippen molar-refractivity contribution in [1.29, 1.82) is 0 Å². The predicted molar refractivity (Wildman–Crippen MR) is 112 cm³/mol. The summed E-state index contributed by atoms with van der Waals surface area (Å²) in [5, 5.41) is 13.4. The Morgan fingerprint density at radius 2 is 1.73 bits per heavy atom. The summed E-state index contributed by atoms with van der Waals surface area (Å²) in [6.07, 6.45) is 0. The molecule has 2 amide bonds. The van der Waals surface area contributed by atoms with E-state index in [9.17, 15) is 19.7 Å². The second-order valence-electron chi connectivity index (χ2n) is 6.75. The lowest BCUT2D eigenvalue weighted by atomic mass is 10.2. The molecule has 1 aliphatic rings. The van der Waals surface area contributed by atoms with Crippen LogP contribution >= 0.6 is 0 Å². The van der Waals surface area contributed by atoms with Crippen LogP contribution in [0, 0.1) is 10.1 Å². The van der Waals surface area contributed by atoms with E-state index >= 15 is 0 Å². The van der Waals surface area contributed by atoms with Crippen LogP contribution in [0.3, 0.4) is 0 Å². The molecule has 0 aromatic heterocycles. The fraction of sp³-hybridized carbons (Fsp3) is 0.333. The van der Waals surface area contributed by atoms with Gasteiger partial charge in [-0.25, -0.2) is 0 Å². The van der Waals surface area contributed by atoms with Gasteiger partial charge in [0.05, 0.1) is 23.6 Å². The van der Waals surface area contributed by atoms with Crippen molar-refractivity contribution in [1.82, 2.24) is 10.2 Å². The average Bonchev–Trinajstić information content (AvgIpc) is 2.78. The van der Waals surface area contributed by atoms with Crippen molar-refractivity contribution in [3.63, 3.8) is 0 Å². The number of piperazine rings is 1. The van der Waals surface area contributed by atoms with E-state index in [1.54, 1.807) is 41.3 Å². The highest BCUT2D eigenvalue weighted by Crippen LogP contribution is 2.21. The standard InChI is InChI=1S/C21H24N4O5/c1-2-30-19-6-4-3-5-18(19)21(27)22-15-20(26)24-13-11-23(12-14-24)16-7-9-17(10-8-16)25(28)29/h3-10H,2,11-15H2,1H3,(H,22,27). The molecule has 0 atom stereocenters. The van der Waals surface area contributed by atoms with Gasteiger partial charge < -0.3 is 19.9 Å². The monoisotopic (exact) mass is 412 g/mol. The van der Waals surface area contributed by atoms with Gasteiger partial charge in [0.25, 0.3) is 11.6 Å². The molecule has 1 heterocycles. The van der Waals surface area contributed by atoms with Gasteiger partial charge in [0.2, 0.25) is 5.91 Å². The first kappa shape index (κ1) is 21.1. The number of carbonyl (C=O) groups is 2. The Morgan fingerprint density at radius 3 is 2.37 bits per heavy atom. The molecule has 2 aromatic rings. The molecule has 0 unspecified atom stereocenters. The van der Waals surface area contributed by atoms with Crippen molar-refractivity contribution < 1.29 is 19.2 Å². The van der Waals surface area contributed by atoms with Crippen molar-refractivity contribution >= 4 is 23.2 Å². The number of anilines is 1. The molecular weight excluding hydrogens is 388 g/mol. The zero-order valence-corrected chi connectivity index (χ0v) is 16.7. The van der Waals surface area contributed by atoms with Crippen molar-refractivity contribution in [2.75, 3.05) is 44.2 Å². The molecule has 1 fully saturated rings. The minimum Gasteiger partial charge on any atom is -0.493 e. The average molecular weight is 412 g/mol. The van der Waals surface area contributed by atoms with E-state index in [0.29, 0.717) is 44.1 Å². The van der Waals surface area contributed by atoms with Gasteiger partial charge in [-0.1, -0.05) is 12.1 Å². The molecule has 0 saturated carbocycles. The molecule has 1 N–H and O–H groups in total. The Morgan fingerprint density at radius 1 is 1.07 bits per heavy atom. The number of para-hydroxylation sites is 1. The van der Waals surface area contributed by atoms with Gasteiger partial charge in [0, 0.05) is 44.0 Å². The minimum atomic E-state index is -0.429. The molecule has 158 valence electrons. The molecule has 30 heavy (non-hydrogen) atoms. The largest absolute Gasteiger partial charge is 0.493 e. The van der Waals surface area contributed by atoms with Crippen LogP contribution < -0.4 is 15.0 Å². The summed E-state index contributed by atoms with van der Waals surface area (Å²) in [6.45, 7) is 4.46. The number of hydrogen-bond acceptors (Lipinski definition) is 6. The summed E-state index contributed by atoms with van der Waals surface area (Å²) in [6, 6.07) is 13.3. The molecule has 0 aliphatic carbocycles. The summed E-state index contributed by atoms with van der Waals surface area (Å²) in [4.78, 5) is 39.0. The number of carbonyl (C=O) groups excluding carboxylic acids is 2. The van der Waals surface area contributed by atoms with E-state index in [0.717, 1.165) is 5.69 Å². The van der Waals surface area contributed by atoms with Gasteiger partial charge in [-0.2, -0.15) is 0 Å². The maximum Gasteiger partial charge on any atom is 0.269 e. The van der Waals surface area contributed by atoms with Crippen LogP contribution in [0.2, 0.25) is 0 Å². The second kappa shape index (κ2) is 9.73. The third kappa shape index (κ3) is 5.05. The fourth-order valence-electron chi connectivity index (χ4n) is 3.30.